The molecule has 12 heteroatoms. The Balaban J connectivity index is 1.02. The van der Waals surface area contributed by atoms with Crippen molar-refractivity contribution in [1.82, 2.24) is 29.4 Å². The number of H-pyrrole nitrogens is 1. The number of fused-ring (bicyclic) bond motifs is 2. The molecule has 0 radical (unpaired) electrons. The Bertz CT molecular complexity index is 1530. The molecule has 4 aromatic rings. The van der Waals surface area contributed by atoms with E-state index < -0.39 is 23.9 Å². The molecule has 0 spiro atoms. The minimum absolute atomic E-state index is 0.0617. The minimum atomic E-state index is -4.51. The maximum Gasteiger partial charge on any atom is 0.417 e. The summed E-state index contributed by atoms with van der Waals surface area (Å²) >= 11 is 5.83. The van der Waals surface area contributed by atoms with Crippen molar-refractivity contribution in [3.05, 3.63) is 52.8 Å². The van der Waals surface area contributed by atoms with Gasteiger partial charge in [-0.05, 0) is 63.8 Å². The van der Waals surface area contributed by atoms with Crippen LogP contribution in [0.4, 0.5) is 13.2 Å². The minimum Gasteiger partial charge on any atom is -0.390 e. The van der Waals surface area contributed by atoms with Crippen molar-refractivity contribution in [1.29, 1.82) is 0 Å². The number of imidazole rings is 1. The fourth-order valence-electron chi connectivity index (χ4n) is 6.50. The number of benzene rings is 1. The lowest BCUT2D eigenvalue weighted by Gasteiger charge is -2.42. The van der Waals surface area contributed by atoms with Crippen LogP contribution < -0.4 is 0 Å². The van der Waals surface area contributed by atoms with Crippen molar-refractivity contribution < 1.29 is 23.4 Å². The molecule has 0 aliphatic heterocycles. The van der Waals surface area contributed by atoms with Crippen LogP contribution in [0, 0.1) is 18.8 Å². The third-order valence-corrected chi connectivity index (χ3v) is 9.22. The summed E-state index contributed by atoms with van der Waals surface area (Å²) in [6.45, 7) is 2.61. The van der Waals surface area contributed by atoms with Crippen molar-refractivity contribution in [2.45, 2.75) is 69.5 Å². The molecule has 3 aromatic heterocycles. The molecule has 0 unspecified atom stereocenters. The van der Waals surface area contributed by atoms with E-state index in [0.717, 1.165) is 42.1 Å². The van der Waals surface area contributed by atoms with E-state index in [1.165, 1.54) is 12.4 Å². The van der Waals surface area contributed by atoms with Crippen molar-refractivity contribution in [3.63, 3.8) is 0 Å². The van der Waals surface area contributed by atoms with Crippen molar-refractivity contribution in [2.75, 3.05) is 13.6 Å². The van der Waals surface area contributed by atoms with E-state index in [-0.39, 0.29) is 17.0 Å². The van der Waals surface area contributed by atoms with Crippen LogP contribution in [-0.4, -0.2) is 71.5 Å². The Kier molecular flexibility index (Phi) is 7.05. The van der Waals surface area contributed by atoms with E-state index in [4.69, 9.17) is 11.6 Å². The molecule has 40 heavy (non-hydrogen) atoms. The Morgan fingerprint density at radius 2 is 1.93 bits per heavy atom. The van der Waals surface area contributed by atoms with Gasteiger partial charge in [0.1, 0.15) is 23.9 Å². The topological polar surface area (TPSA) is 103 Å². The lowest BCUT2D eigenvalue weighted by atomic mass is 9.76. The smallest absolute Gasteiger partial charge is 0.390 e. The normalized spacial score (nSPS) is 27.2. The fraction of sp³-hybridized carbons (Fsp3) is 0.536. The molecular formula is C28H32ClF3N6O2. The van der Waals surface area contributed by atoms with Gasteiger partial charge in [-0.1, -0.05) is 11.6 Å². The molecule has 1 aromatic carbocycles. The monoisotopic (exact) mass is 576 g/mol. The molecule has 214 valence electrons. The number of hydrogen-bond acceptors (Lipinski definition) is 6. The van der Waals surface area contributed by atoms with Crippen LogP contribution in [0.5, 0.6) is 0 Å². The van der Waals surface area contributed by atoms with Gasteiger partial charge >= 0.3 is 6.18 Å². The highest BCUT2D eigenvalue weighted by atomic mass is 35.5. The summed E-state index contributed by atoms with van der Waals surface area (Å²) in [6, 6.07) is 4.38. The van der Waals surface area contributed by atoms with Crippen molar-refractivity contribution in [2.24, 2.45) is 11.8 Å². The summed E-state index contributed by atoms with van der Waals surface area (Å²) in [5.41, 5.74) is 1.56. The molecule has 0 bridgehead atoms. The second-order valence-electron chi connectivity index (χ2n) is 11.5. The third-order valence-electron chi connectivity index (χ3n) is 8.91. The zero-order valence-electron chi connectivity index (χ0n) is 22.2. The van der Waals surface area contributed by atoms with Gasteiger partial charge in [0.25, 0.3) is 0 Å². The van der Waals surface area contributed by atoms with Crippen LogP contribution in [0.1, 0.15) is 48.8 Å². The molecular weight excluding hydrogens is 545 g/mol. The van der Waals surface area contributed by atoms with Gasteiger partial charge in [-0.15, -0.1) is 0 Å². The summed E-state index contributed by atoms with van der Waals surface area (Å²) < 4.78 is 41.4. The first-order valence-corrected chi connectivity index (χ1v) is 14.0. The molecule has 2 saturated carbocycles. The van der Waals surface area contributed by atoms with Gasteiger partial charge in [0, 0.05) is 36.5 Å². The summed E-state index contributed by atoms with van der Waals surface area (Å²) in [5.74, 6) is 1.10. The van der Waals surface area contributed by atoms with Gasteiger partial charge in [-0.3, -0.25) is 0 Å². The first-order chi connectivity index (χ1) is 19.0. The predicted octanol–water partition coefficient (Wildman–Crippen LogP) is 4.91. The van der Waals surface area contributed by atoms with Crippen LogP contribution in [0.3, 0.4) is 0 Å². The molecule has 8 nitrogen and oxygen atoms in total. The second kappa shape index (κ2) is 10.3. The maximum absolute atomic E-state index is 13.2. The number of aliphatic hydroxyl groups excluding tert-OH is 2. The van der Waals surface area contributed by atoms with E-state index >= 15 is 0 Å². The Morgan fingerprint density at radius 3 is 2.67 bits per heavy atom. The highest BCUT2D eigenvalue weighted by Gasteiger charge is 2.44. The molecule has 0 amide bonds. The summed E-state index contributed by atoms with van der Waals surface area (Å²) in [6.07, 6.45) is 1.45. The number of aryl methyl sites for hydroxylation is 2. The van der Waals surface area contributed by atoms with E-state index in [2.05, 4.69) is 31.9 Å². The van der Waals surface area contributed by atoms with Gasteiger partial charge in [-0.2, -0.15) is 13.2 Å². The van der Waals surface area contributed by atoms with Crippen LogP contribution in [-0.2, 0) is 12.6 Å². The van der Waals surface area contributed by atoms with Gasteiger partial charge < -0.3 is 24.7 Å². The highest BCUT2D eigenvalue weighted by Crippen LogP contribution is 2.41. The number of halogens is 4. The lowest BCUT2D eigenvalue weighted by molar-refractivity contribution is -0.137. The van der Waals surface area contributed by atoms with Gasteiger partial charge in [0.15, 0.2) is 0 Å². The molecule has 4 atom stereocenters. The number of aromatic nitrogens is 5. The van der Waals surface area contributed by atoms with E-state index in [1.807, 2.05) is 23.8 Å². The maximum atomic E-state index is 13.2. The number of nitrogens with one attached hydrogen (secondary N) is 1. The largest absolute Gasteiger partial charge is 0.417 e. The number of aromatic amines is 1. The summed E-state index contributed by atoms with van der Waals surface area (Å²) in [4.78, 5) is 18.4. The Morgan fingerprint density at radius 1 is 1.15 bits per heavy atom. The molecule has 2 aliphatic carbocycles. The first kappa shape index (κ1) is 27.4. The number of nitrogens with zero attached hydrogens (tertiary/aromatic N) is 5. The van der Waals surface area contributed by atoms with Crippen LogP contribution in [0.25, 0.3) is 22.1 Å². The van der Waals surface area contributed by atoms with Crippen LogP contribution in [0.15, 0.2) is 30.7 Å². The van der Waals surface area contributed by atoms with E-state index in [9.17, 15) is 23.4 Å². The standard InChI is InChI=1S/C28H32ClF3N6O2/c1-14-18-5-6-38(27(18)34-13-33-14)23-9-16(25(39)26(23)40)12-37(2)17-7-15(8-17)3-4-24-35-21-10-19(28(30,31)32)20(29)11-22(21)36-24/h5-6,10-11,13,15-17,23,25-26,39-40H,3-4,7-9,12H2,1-2H3,(H,35,36)/t15?,16-,17?,23-,25-,26+/m1/s1. The van der Waals surface area contributed by atoms with Gasteiger partial charge in [-0.25, -0.2) is 15.0 Å². The molecule has 3 heterocycles. The molecule has 2 fully saturated rings. The predicted molar refractivity (Wildman–Crippen MR) is 145 cm³/mol. The van der Waals surface area contributed by atoms with Crippen LogP contribution >= 0.6 is 11.6 Å². The number of rotatable bonds is 7. The summed E-state index contributed by atoms with van der Waals surface area (Å²) in [7, 11) is 2.07. The zero-order chi connectivity index (χ0) is 28.3. The SMILES string of the molecule is Cc1ncnc2c1ccn2[C@@H]1C[C@H](CN(C)C2CC(CCc3nc4cc(Cl)c(C(F)(F)F)cc4[nH]3)C2)[C@@H](O)[C@H]1O. The molecule has 0 saturated heterocycles. The molecule has 2 aliphatic rings. The van der Waals surface area contributed by atoms with Gasteiger partial charge in [0.05, 0.1) is 39.5 Å². The zero-order valence-corrected chi connectivity index (χ0v) is 23.0. The first-order valence-electron chi connectivity index (χ1n) is 13.6. The van der Waals surface area contributed by atoms with Gasteiger partial charge in [0.2, 0.25) is 0 Å². The summed E-state index contributed by atoms with van der Waals surface area (Å²) in [5, 5.41) is 22.4. The fourth-order valence-corrected chi connectivity index (χ4v) is 6.76. The number of hydrogen-bond donors (Lipinski definition) is 3. The Labute approximate surface area is 234 Å². The lowest BCUT2D eigenvalue weighted by Crippen LogP contribution is -2.46. The molecule has 3 N–H and O–H groups in total. The van der Waals surface area contributed by atoms with Crippen molar-refractivity contribution in [3.8, 4) is 0 Å². The molecule has 6 rings (SSSR count). The van der Waals surface area contributed by atoms with E-state index in [1.54, 1.807) is 0 Å². The second-order valence-corrected chi connectivity index (χ2v) is 11.9. The average molecular weight is 577 g/mol. The number of aliphatic hydroxyl groups is 2. The Hall–Kier alpha value is -2.73. The van der Waals surface area contributed by atoms with Crippen LogP contribution in [0.2, 0.25) is 5.02 Å². The quantitative estimate of drug-likeness (QED) is 0.289. The third kappa shape index (κ3) is 4.97. The van der Waals surface area contributed by atoms with E-state index in [0.29, 0.717) is 48.2 Å². The average Bonchev–Trinajstić information content (AvgIpc) is 3.54. The highest BCUT2D eigenvalue weighted by molar-refractivity contribution is 6.32. The van der Waals surface area contributed by atoms with Crippen molar-refractivity contribution >= 4 is 33.7 Å². The number of alkyl halides is 3.